The Morgan fingerprint density at radius 1 is 1.10 bits per heavy atom. The van der Waals surface area contributed by atoms with Crippen molar-refractivity contribution in [3.8, 4) is 0 Å². The van der Waals surface area contributed by atoms with E-state index in [0.29, 0.717) is 0 Å². The van der Waals surface area contributed by atoms with Crippen LogP contribution in [0.2, 0.25) is 0 Å². The number of hydrogen-bond donors (Lipinski definition) is 1. The van der Waals surface area contributed by atoms with Crippen molar-refractivity contribution in [2.45, 2.75) is 6.92 Å². The molecule has 3 nitrogen and oxygen atoms in total. The summed E-state index contributed by atoms with van der Waals surface area (Å²) in [5.41, 5.74) is 5.51. The van der Waals surface area contributed by atoms with Gasteiger partial charge in [-0.3, -0.25) is 4.79 Å². The van der Waals surface area contributed by atoms with E-state index in [1.807, 2.05) is 0 Å². The highest BCUT2D eigenvalue weighted by Crippen LogP contribution is 2.24. The fourth-order valence-electron chi connectivity index (χ4n) is 1.96. The van der Waals surface area contributed by atoms with Crippen LogP contribution in [0.3, 0.4) is 0 Å². The lowest BCUT2D eigenvalue weighted by molar-refractivity contribution is 0.0988. The molecular formula is C15H14F2N2O. The van der Waals surface area contributed by atoms with Gasteiger partial charge in [-0.1, -0.05) is 18.2 Å². The Balaban J connectivity index is 2.45. The second-order valence-corrected chi connectivity index (χ2v) is 4.20. The van der Waals surface area contributed by atoms with E-state index < -0.39 is 17.5 Å². The first-order valence-electron chi connectivity index (χ1n) is 6.16. The lowest BCUT2D eigenvalue weighted by Gasteiger charge is -2.22. The SMILES string of the molecule is CCN(C(=O)c1cccc(F)c1N)c1ccccc1F. The molecule has 0 fully saturated rings. The molecule has 0 aromatic heterocycles. The third kappa shape index (κ3) is 2.47. The molecule has 5 heteroatoms. The molecule has 20 heavy (non-hydrogen) atoms. The van der Waals surface area contributed by atoms with Gasteiger partial charge < -0.3 is 10.6 Å². The first kappa shape index (κ1) is 14.0. The van der Waals surface area contributed by atoms with Gasteiger partial charge in [0.05, 0.1) is 16.9 Å². The summed E-state index contributed by atoms with van der Waals surface area (Å²) < 4.78 is 27.2. The van der Waals surface area contributed by atoms with Gasteiger partial charge in [0.25, 0.3) is 5.91 Å². The van der Waals surface area contributed by atoms with E-state index in [4.69, 9.17) is 5.73 Å². The van der Waals surface area contributed by atoms with Gasteiger partial charge >= 0.3 is 0 Å². The van der Waals surface area contributed by atoms with Crippen LogP contribution >= 0.6 is 0 Å². The monoisotopic (exact) mass is 276 g/mol. The number of benzene rings is 2. The number of nitrogens with two attached hydrogens (primary N) is 1. The number of para-hydroxylation sites is 2. The van der Waals surface area contributed by atoms with Crippen molar-refractivity contribution < 1.29 is 13.6 Å². The van der Waals surface area contributed by atoms with Crippen LogP contribution in [0.5, 0.6) is 0 Å². The molecule has 1 amide bonds. The molecule has 2 aromatic rings. The van der Waals surface area contributed by atoms with Gasteiger partial charge in [0.2, 0.25) is 0 Å². The number of halogens is 2. The number of carbonyl (C=O) groups excluding carboxylic acids is 1. The summed E-state index contributed by atoms with van der Waals surface area (Å²) in [4.78, 5) is 13.6. The fraction of sp³-hybridized carbons (Fsp3) is 0.133. The Hall–Kier alpha value is -2.43. The molecule has 0 heterocycles. The highest BCUT2D eigenvalue weighted by molar-refractivity contribution is 6.09. The molecule has 2 aromatic carbocycles. The summed E-state index contributed by atoms with van der Waals surface area (Å²) in [6.07, 6.45) is 0. The van der Waals surface area contributed by atoms with Gasteiger partial charge in [-0.05, 0) is 31.2 Å². The first-order chi connectivity index (χ1) is 9.56. The van der Waals surface area contributed by atoms with E-state index in [9.17, 15) is 13.6 Å². The van der Waals surface area contributed by atoms with Crippen molar-refractivity contribution in [2.24, 2.45) is 0 Å². The van der Waals surface area contributed by atoms with E-state index in [0.717, 1.165) is 0 Å². The number of hydrogen-bond acceptors (Lipinski definition) is 2. The summed E-state index contributed by atoms with van der Waals surface area (Å²) in [6, 6.07) is 9.91. The molecule has 2 rings (SSSR count). The van der Waals surface area contributed by atoms with Gasteiger partial charge in [-0.25, -0.2) is 8.78 Å². The molecule has 0 unspecified atom stereocenters. The zero-order valence-electron chi connectivity index (χ0n) is 10.9. The van der Waals surface area contributed by atoms with Crippen LogP contribution < -0.4 is 10.6 Å². The third-order valence-electron chi connectivity index (χ3n) is 2.99. The molecule has 0 aliphatic rings. The lowest BCUT2D eigenvalue weighted by Crippen LogP contribution is -2.32. The van der Waals surface area contributed by atoms with E-state index in [-0.39, 0.29) is 23.5 Å². The fourth-order valence-corrected chi connectivity index (χ4v) is 1.96. The van der Waals surface area contributed by atoms with Crippen LogP contribution in [0.4, 0.5) is 20.2 Å². The van der Waals surface area contributed by atoms with Crippen LogP contribution in [0.15, 0.2) is 42.5 Å². The smallest absolute Gasteiger partial charge is 0.260 e. The highest BCUT2D eigenvalue weighted by atomic mass is 19.1. The Labute approximate surface area is 115 Å². The maximum Gasteiger partial charge on any atom is 0.260 e. The normalized spacial score (nSPS) is 10.3. The quantitative estimate of drug-likeness (QED) is 0.875. The minimum absolute atomic E-state index is 0.0232. The zero-order chi connectivity index (χ0) is 14.7. The van der Waals surface area contributed by atoms with Gasteiger partial charge in [-0.2, -0.15) is 0 Å². The van der Waals surface area contributed by atoms with Gasteiger partial charge in [0.15, 0.2) is 0 Å². The summed E-state index contributed by atoms with van der Waals surface area (Å²) in [5, 5.41) is 0. The molecule has 0 saturated heterocycles. The van der Waals surface area contributed by atoms with E-state index in [2.05, 4.69) is 0 Å². The van der Waals surface area contributed by atoms with E-state index in [1.165, 1.54) is 41.3 Å². The standard InChI is InChI=1S/C15H14F2N2O/c1-2-19(13-9-4-3-7-11(13)16)15(20)10-6-5-8-12(17)14(10)18/h3-9H,2,18H2,1H3. The van der Waals surface area contributed by atoms with Crippen LogP contribution in [-0.2, 0) is 0 Å². The zero-order valence-corrected chi connectivity index (χ0v) is 10.9. The topological polar surface area (TPSA) is 46.3 Å². The number of nitrogen functional groups attached to an aromatic ring is 1. The largest absolute Gasteiger partial charge is 0.396 e. The first-order valence-corrected chi connectivity index (χ1v) is 6.16. The van der Waals surface area contributed by atoms with Crippen LogP contribution in [0.25, 0.3) is 0 Å². The highest BCUT2D eigenvalue weighted by Gasteiger charge is 2.21. The van der Waals surface area contributed by atoms with Crippen molar-refractivity contribution >= 4 is 17.3 Å². The maximum absolute atomic E-state index is 13.8. The summed E-state index contributed by atoms with van der Waals surface area (Å²) in [6.45, 7) is 1.95. The Morgan fingerprint density at radius 2 is 1.75 bits per heavy atom. The summed E-state index contributed by atoms with van der Waals surface area (Å²) in [5.74, 6) is -1.72. The van der Waals surface area contributed by atoms with E-state index in [1.54, 1.807) is 13.0 Å². The average Bonchev–Trinajstić information content (AvgIpc) is 2.44. The predicted molar refractivity (Wildman–Crippen MR) is 74.6 cm³/mol. The van der Waals surface area contributed by atoms with Gasteiger partial charge in [-0.15, -0.1) is 0 Å². The average molecular weight is 276 g/mol. The van der Waals surface area contributed by atoms with Gasteiger partial charge in [0, 0.05) is 6.54 Å². The molecule has 0 saturated carbocycles. The van der Waals surface area contributed by atoms with Crippen LogP contribution in [0.1, 0.15) is 17.3 Å². The minimum Gasteiger partial charge on any atom is -0.396 e. The second-order valence-electron chi connectivity index (χ2n) is 4.20. The van der Waals surface area contributed by atoms with Crippen LogP contribution in [-0.4, -0.2) is 12.5 Å². The van der Waals surface area contributed by atoms with E-state index >= 15 is 0 Å². The number of rotatable bonds is 3. The van der Waals surface area contributed by atoms with Crippen LogP contribution in [0, 0.1) is 11.6 Å². The Morgan fingerprint density at radius 3 is 2.40 bits per heavy atom. The molecule has 0 radical (unpaired) electrons. The molecule has 0 aliphatic heterocycles. The molecule has 0 spiro atoms. The van der Waals surface area contributed by atoms with Gasteiger partial charge in [0.1, 0.15) is 11.6 Å². The van der Waals surface area contributed by atoms with Crippen molar-refractivity contribution in [3.63, 3.8) is 0 Å². The second kappa shape index (κ2) is 5.69. The van der Waals surface area contributed by atoms with Crippen molar-refractivity contribution in [1.29, 1.82) is 0 Å². The minimum atomic E-state index is -0.666. The molecule has 2 N–H and O–H groups in total. The maximum atomic E-state index is 13.8. The third-order valence-corrected chi connectivity index (χ3v) is 2.99. The number of amides is 1. The Bertz CT molecular complexity index is 644. The number of carbonyl (C=O) groups is 1. The van der Waals surface area contributed by atoms with Crippen molar-refractivity contribution in [3.05, 3.63) is 59.7 Å². The van der Waals surface area contributed by atoms with Crippen molar-refractivity contribution in [1.82, 2.24) is 0 Å². The predicted octanol–water partition coefficient (Wildman–Crippen LogP) is 3.21. The molecule has 0 bridgehead atoms. The molecular weight excluding hydrogens is 262 g/mol. The van der Waals surface area contributed by atoms with Crippen molar-refractivity contribution in [2.75, 3.05) is 17.2 Å². The summed E-state index contributed by atoms with van der Waals surface area (Å²) >= 11 is 0. The number of nitrogens with zero attached hydrogens (tertiary/aromatic N) is 1. The molecule has 104 valence electrons. The molecule has 0 atom stereocenters. The summed E-state index contributed by atoms with van der Waals surface area (Å²) in [7, 11) is 0. The number of anilines is 2. The Kier molecular flexibility index (Phi) is 3.98. The lowest BCUT2D eigenvalue weighted by atomic mass is 10.1. The molecule has 0 aliphatic carbocycles.